The van der Waals surface area contributed by atoms with Gasteiger partial charge in [-0.2, -0.15) is 0 Å². The predicted molar refractivity (Wildman–Crippen MR) is 87.8 cm³/mol. The van der Waals surface area contributed by atoms with Crippen molar-refractivity contribution in [2.45, 2.75) is 64.4 Å². The van der Waals surface area contributed by atoms with Gasteiger partial charge in [0, 0.05) is 12.5 Å². The second-order valence-electron chi connectivity index (χ2n) is 6.31. The highest BCUT2D eigenvalue weighted by molar-refractivity contribution is 6.36. The van der Waals surface area contributed by atoms with Crippen LogP contribution in [0.1, 0.15) is 40.0 Å². The summed E-state index contributed by atoms with van der Waals surface area (Å²) in [7, 11) is 1.99. The van der Waals surface area contributed by atoms with Gasteiger partial charge in [0.25, 0.3) is 0 Å². The molecule has 117 valence electrons. The second kappa shape index (κ2) is 7.52. The first-order valence-electron chi connectivity index (χ1n) is 7.51. The second-order valence-corrected chi connectivity index (χ2v) is 6.31. The fraction of sp³-hybridized carbons (Fsp3) is 0.733. The van der Waals surface area contributed by atoms with Crippen molar-refractivity contribution in [1.29, 1.82) is 0 Å². The molecule has 1 heterocycles. The Hall–Kier alpha value is -1.46. The summed E-state index contributed by atoms with van der Waals surface area (Å²) in [5.41, 5.74) is 5.62. The summed E-state index contributed by atoms with van der Waals surface area (Å²) in [6.07, 6.45) is 4.00. The van der Waals surface area contributed by atoms with E-state index in [2.05, 4.69) is 11.6 Å². The molecule has 0 aromatic rings. The molecular weight excluding hydrogens is 265 g/mol. The van der Waals surface area contributed by atoms with Crippen molar-refractivity contribution in [1.82, 2.24) is 4.90 Å². The Morgan fingerprint density at radius 1 is 1.62 bits per heavy atom. The van der Waals surface area contributed by atoms with E-state index in [4.69, 9.17) is 10.5 Å². The Labute approximate surface area is 128 Å². The van der Waals surface area contributed by atoms with Gasteiger partial charge in [0.05, 0.1) is 6.04 Å². The zero-order valence-corrected chi connectivity index (χ0v) is 13.6. The van der Waals surface area contributed by atoms with Crippen molar-refractivity contribution in [2.24, 2.45) is 10.7 Å². The smallest absolute Gasteiger partial charge is 0.410 e. The summed E-state index contributed by atoms with van der Waals surface area (Å²) in [5.74, 6) is 0.520. The molecule has 1 rings (SSSR count). The molecule has 0 aromatic carbocycles. The number of nitrogens with zero attached hydrogens (tertiary/aromatic N) is 2. The Kier molecular flexibility index (Phi) is 6.30. The van der Waals surface area contributed by atoms with Crippen LogP contribution in [0.2, 0.25) is 6.82 Å². The largest absolute Gasteiger partial charge is 0.444 e. The van der Waals surface area contributed by atoms with Crippen LogP contribution in [0.3, 0.4) is 0 Å². The third-order valence-electron chi connectivity index (χ3n) is 3.33. The minimum atomic E-state index is -0.501. The van der Waals surface area contributed by atoms with E-state index >= 15 is 0 Å². The van der Waals surface area contributed by atoms with Crippen molar-refractivity contribution >= 4 is 19.2 Å². The van der Waals surface area contributed by atoms with Crippen molar-refractivity contribution in [3.05, 3.63) is 12.7 Å². The first-order chi connectivity index (χ1) is 9.78. The van der Waals surface area contributed by atoms with Crippen LogP contribution in [0.15, 0.2) is 17.6 Å². The maximum Gasteiger partial charge on any atom is 0.410 e. The van der Waals surface area contributed by atoms with Gasteiger partial charge in [-0.15, -0.1) is 6.58 Å². The number of carbonyl (C=O) groups is 1. The molecule has 6 heteroatoms. The van der Waals surface area contributed by atoms with Crippen LogP contribution in [-0.2, 0) is 4.74 Å². The molecule has 2 N–H and O–H groups in total. The molecule has 21 heavy (non-hydrogen) atoms. The summed E-state index contributed by atoms with van der Waals surface area (Å²) in [5, 5.41) is 0. The number of hydrogen-bond acceptors (Lipinski definition) is 3. The SMILES string of the molecule is C=CCC([B]C)N=C(N)[C@@H]1CCCN1C(=O)OC(C)(C)C. The van der Waals surface area contributed by atoms with Crippen LogP contribution in [0.5, 0.6) is 0 Å². The number of amides is 1. The fourth-order valence-corrected chi connectivity index (χ4v) is 2.32. The average Bonchev–Trinajstić information content (AvgIpc) is 2.85. The number of ether oxygens (including phenoxy) is 1. The highest BCUT2D eigenvalue weighted by Crippen LogP contribution is 2.21. The summed E-state index contributed by atoms with van der Waals surface area (Å²) in [4.78, 5) is 18.4. The number of likely N-dealkylation sites (tertiary alicyclic amines) is 1. The molecule has 1 radical (unpaired) electrons. The van der Waals surface area contributed by atoms with Gasteiger partial charge >= 0.3 is 6.09 Å². The van der Waals surface area contributed by atoms with E-state index in [0.29, 0.717) is 12.4 Å². The highest BCUT2D eigenvalue weighted by Gasteiger charge is 2.34. The van der Waals surface area contributed by atoms with Gasteiger partial charge in [-0.3, -0.25) is 9.89 Å². The normalized spacial score (nSPS) is 21.0. The van der Waals surface area contributed by atoms with E-state index in [1.165, 1.54) is 0 Å². The number of aliphatic imine (C=N–C) groups is 1. The third kappa shape index (κ3) is 5.44. The molecule has 1 unspecified atom stereocenters. The molecule has 1 saturated heterocycles. The number of amidine groups is 1. The van der Waals surface area contributed by atoms with Gasteiger partial charge < -0.3 is 10.5 Å². The van der Waals surface area contributed by atoms with Gasteiger partial charge in [0.2, 0.25) is 0 Å². The summed E-state index contributed by atoms with van der Waals surface area (Å²) < 4.78 is 5.43. The lowest BCUT2D eigenvalue weighted by Crippen LogP contribution is -2.46. The van der Waals surface area contributed by atoms with Crippen molar-refractivity contribution < 1.29 is 9.53 Å². The topological polar surface area (TPSA) is 67.9 Å². The fourth-order valence-electron chi connectivity index (χ4n) is 2.32. The Morgan fingerprint density at radius 2 is 2.29 bits per heavy atom. The molecule has 1 amide bonds. The van der Waals surface area contributed by atoms with Crippen LogP contribution in [0.4, 0.5) is 4.79 Å². The third-order valence-corrected chi connectivity index (χ3v) is 3.33. The lowest BCUT2D eigenvalue weighted by atomic mass is 9.71. The molecule has 0 saturated carbocycles. The summed E-state index contributed by atoms with van der Waals surface area (Å²) in [6.45, 7) is 11.9. The van der Waals surface area contributed by atoms with E-state index in [9.17, 15) is 4.79 Å². The minimum Gasteiger partial charge on any atom is -0.444 e. The molecular formula is C15H27BN3O2. The number of rotatable bonds is 5. The van der Waals surface area contributed by atoms with Crippen molar-refractivity contribution in [3.8, 4) is 0 Å². The Balaban J connectivity index is 2.78. The van der Waals surface area contributed by atoms with E-state index < -0.39 is 5.60 Å². The van der Waals surface area contributed by atoms with Crippen LogP contribution in [0, 0.1) is 0 Å². The maximum absolute atomic E-state index is 12.2. The summed E-state index contributed by atoms with van der Waals surface area (Å²) >= 11 is 0. The van der Waals surface area contributed by atoms with Gasteiger partial charge in [-0.1, -0.05) is 12.9 Å². The van der Waals surface area contributed by atoms with Gasteiger partial charge in [-0.25, -0.2) is 4.79 Å². The first kappa shape index (κ1) is 17.6. The standard InChI is InChI=1S/C15H27BN3O2/c1-6-8-12(16-5)18-13(17)11-9-7-10-19(11)14(20)21-15(2,3)4/h6,11-12H,1,7-10H2,2-5H3,(H2,17,18)/t11-,12?/m0/s1. The predicted octanol–water partition coefficient (Wildman–Crippen LogP) is 2.40. The first-order valence-corrected chi connectivity index (χ1v) is 7.51. The molecule has 1 fully saturated rings. The molecule has 5 nitrogen and oxygen atoms in total. The van der Waals surface area contributed by atoms with E-state index in [0.717, 1.165) is 19.3 Å². The lowest BCUT2D eigenvalue weighted by molar-refractivity contribution is 0.0265. The maximum atomic E-state index is 12.2. The summed E-state index contributed by atoms with van der Waals surface area (Å²) in [6, 6.07) is -0.160. The average molecular weight is 292 g/mol. The number of nitrogens with two attached hydrogens (primary N) is 1. The number of hydrogen-bond donors (Lipinski definition) is 1. The molecule has 0 aliphatic carbocycles. The quantitative estimate of drug-likeness (QED) is 0.366. The van der Waals surface area contributed by atoms with Crippen LogP contribution in [0.25, 0.3) is 0 Å². The molecule has 2 atom stereocenters. The Bertz CT molecular complexity index is 404. The van der Waals surface area contributed by atoms with Gasteiger partial charge in [-0.05, 0) is 40.0 Å². The monoisotopic (exact) mass is 292 g/mol. The van der Waals surface area contributed by atoms with Crippen molar-refractivity contribution in [3.63, 3.8) is 0 Å². The molecule has 1 aliphatic rings. The zero-order chi connectivity index (χ0) is 16.0. The van der Waals surface area contributed by atoms with Gasteiger partial charge in [0.1, 0.15) is 18.7 Å². The highest BCUT2D eigenvalue weighted by atomic mass is 16.6. The molecule has 0 spiro atoms. The van der Waals surface area contributed by atoms with Crippen LogP contribution in [-0.4, -0.2) is 48.2 Å². The lowest BCUT2D eigenvalue weighted by Gasteiger charge is -2.28. The number of carbonyl (C=O) groups excluding carboxylic acids is 1. The van der Waals surface area contributed by atoms with Crippen LogP contribution < -0.4 is 5.73 Å². The minimum absolute atomic E-state index is 0.0172. The van der Waals surface area contributed by atoms with Crippen molar-refractivity contribution in [2.75, 3.05) is 6.54 Å². The Morgan fingerprint density at radius 3 is 2.81 bits per heavy atom. The van der Waals surface area contributed by atoms with E-state index in [-0.39, 0.29) is 18.1 Å². The van der Waals surface area contributed by atoms with E-state index in [1.807, 2.05) is 40.9 Å². The van der Waals surface area contributed by atoms with E-state index in [1.54, 1.807) is 4.90 Å². The van der Waals surface area contributed by atoms with Gasteiger partial charge in [0.15, 0.2) is 0 Å². The molecule has 1 aliphatic heterocycles. The molecule has 0 bridgehead atoms. The van der Waals surface area contributed by atoms with Crippen LogP contribution >= 0.6 is 0 Å². The zero-order valence-electron chi connectivity index (χ0n) is 13.6. The molecule has 0 aromatic heterocycles.